The molecule has 1 fully saturated rings. The maximum atomic E-state index is 12.8. The van der Waals surface area contributed by atoms with E-state index in [1.54, 1.807) is 7.11 Å². The van der Waals surface area contributed by atoms with Crippen molar-refractivity contribution in [2.45, 2.75) is 32.2 Å². The van der Waals surface area contributed by atoms with Gasteiger partial charge < -0.3 is 14.4 Å². The van der Waals surface area contributed by atoms with Crippen LogP contribution in [-0.4, -0.2) is 31.1 Å². The summed E-state index contributed by atoms with van der Waals surface area (Å²) < 4.78 is 10.8. The third-order valence-electron chi connectivity index (χ3n) is 4.64. The average Bonchev–Trinajstić information content (AvgIpc) is 3.13. The van der Waals surface area contributed by atoms with E-state index in [9.17, 15) is 4.79 Å². The molecular weight excluding hydrogens is 314 g/mol. The van der Waals surface area contributed by atoms with Crippen LogP contribution in [0.1, 0.15) is 36.9 Å². The van der Waals surface area contributed by atoms with Crippen LogP contribution in [-0.2, 0) is 11.2 Å². The number of hydrogen-bond acceptors (Lipinski definition) is 3. The Morgan fingerprint density at radius 1 is 1.16 bits per heavy atom. The molecule has 0 aliphatic carbocycles. The number of methoxy groups -OCH3 is 1. The fourth-order valence-electron chi connectivity index (χ4n) is 3.41. The van der Waals surface area contributed by atoms with Gasteiger partial charge in [-0.2, -0.15) is 0 Å². The summed E-state index contributed by atoms with van der Waals surface area (Å²) in [6, 6.07) is 16.0. The van der Waals surface area contributed by atoms with E-state index in [1.165, 1.54) is 0 Å². The van der Waals surface area contributed by atoms with Crippen LogP contribution in [0.3, 0.4) is 0 Å². The molecule has 4 nitrogen and oxygen atoms in total. The van der Waals surface area contributed by atoms with Gasteiger partial charge in [-0.05, 0) is 55.2 Å². The number of amides is 1. The Morgan fingerprint density at radius 3 is 2.68 bits per heavy atom. The predicted molar refractivity (Wildman–Crippen MR) is 98.0 cm³/mol. The summed E-state index contributed by atoms with van der Waals surface area (Å²) >= 11 is 0. The molecular formula is C21H25NO3. The van der Waals surface area contributed by atoms with Gasteiger partial charge in [0.15, 0.2) is 0 Å². The second-order valence-electron chi connectivity index (χ2n) is 6.28. The van der Waals surface area contributed by atoms with Crippen LogP contribution in [0, 0.1) is 0 Å². The molecule has 4 heteroatoms. The minimum absolute atomic E-state index is 0.144. The summed E-state index contributed by atoms with van der Waals surface area (Å²) in [6.07, 6.45) is 2.46. The normalized spacial score (nSPS) is 16.7. The largest absolute Gasteiger partial charge is 0.497 e. The first-order valence-electron chi connectivity index (χ1n) is 8.86. The van der Waals surface area contributed by atoms with Gasteiger partial charge in [0.25, 0.3) is 0 Å². The predicted octanol–water partition coefficient (Wildman–Crippen LogP) is 4.00. The van der Waals surface area contributed by atoms with Crippen molar-refractivity contribution in [1.82, 2.24) is 4.90 Å². The maximum Gasteiger partial charge on any atom is 0.227 e. The Bertz CT molecular complexity index is 711. The van der Waals surface area contributed by atoms with E-state index in [1.807, 2.05) is 54.3 Å². The Labute approximate surface area is 149 Å². The Hall–Kier alpha value is -2.49. The molecule has 1 unspecified atom stereocenters. The van der Waals surface area contributed by atoms with E-state index in [0.717, 1.165) is 42.0 Å². The van der Waals surface area contributed by atoms with Gasteiger partial charge in [-0.15, -0.1) is 0 Å². The lowest BCUT2D eigenvalue weighted by molar-refractivity contribution is -0.131. The van der Waals surface area contributed by atoms with Crippen molar-refractivity contribution in [3.63, 3.8) is 0 Å². The van der Waals surface area contributed by atoms with Crippen LogP contribution in [0.25, 0.3) is 0 Å². The maximum absolute atomic E-state index is 12.8. The van der Waals surface area contributed by atoms with Crippen molar-refractivity contribution in [2.24, 2.45) is 0 Å². The van der Waals surface area contributed by atoms with Crippen molar-refractivity contribution >= 4 is 5.91 Å². The van der Waals surface area contributed by atoms with Gasteiger partial charge in [-0.1, -0.05) is 24.3 Å². The zero-order valence-electron chi connectivity index (χ0n) is 14.9. The lowest BCUT2D eigenvalue weighted by Gasteiger charge is -2.25. The summed E-state index contributed by atoms with van der Waals surface area (Å²) in [5.74, 6) is 1.85. The second kappa shape index (κ2) is 8.06. The van der Waals surface area contributed by atoms with E-state index in [0.29, 0.717) is 13.0 Å². The van der Waals surface area contributed by atoms with Crippen LogP contribution in [0.2, 0.25) is 0 Å². The van der Waals surface area contributed by atoms with Gasteiger partial charge in [-0.25, -0.2) is 0 Å². The van der Waals surface area contributed by atoms with E-state index < -0.39 is 0 Å². The fraction of sp³-hybridized carbons (Fsp3) is 0.381. The number of carbonyl (C=O) groups excluding carboxylic acids is 1. The summed E-state index contributed by atoms with van der Waals surface area (Å²) in [5, 5.41) is 0. The number of benzene rings is 2. The molecule has 2 aromatic carbocycles. The van der Waals surface area contributed by atoms with Gasteiger partial charge >= 0.3 is 0 Å². The van der Waals surface area contributed by atoms with Crippen molar-refractivity contribution in [1.29, 1.82) is 0 Å². The molecule has 1 amide bonds. The highest BCUT2D eigenvalue weighted by Gasteiger charge is 2.29. The first-order chi connectivity index (χ1) is 12.2. The molecule has 0 radical (unpaired) electrons. The van der Waals surface area contributed by atoms with Crippen LogP contribution in [0.4, 0.5) is 0 Å². The molecule has 132 valence electrons. The Morgan fingerprint density at radius 2 is 1.96 bits per heavy atom. The van der Waals surface area contributed by atoms with Gasteiger partial charge in [0.1, 0.15) is 11.5 Å². The van der Waals surface area contributed by atoms with Crippen molar-refractivity contribution < 1.29 is 14.3 Å². The van der Waals surface area contributed by atoms with Crippen molar-refractivity contribution in [3.8, 4) is 11.5 Å². The van der Waals surface area contributed by atoms with E-state index in [4.69, 9.17) is 9.47 Å². The first-order valence-corrected chi connectivity index (χ1v) is 8.86. The summed E-state index contributed by atoms with van der Waals surface area (Å²) in [4.78, 5) is 14.8. The van der Waals surface area contributed by atoms with Gasteiger partial charge in [0.2, 0.25) is 5.91 Å². The molecule has 1 saturated heterocycles. The summed E-state index contributed by atoms with van der Waals surface area (Å²) in [7, 11) is 1.67. The van der Waals surface area contributed by atoms with Gasteiger partial charge in [0, 0.05) is 6.54 Å². The molecule has 2 aromatic rings. The van der Waals surface area contributed by atoms with E-state index >= 15 is 0 Å². The van der Waals surface area contributed by atoms with E-state index in [2.05, 4.69) is 6.07 Å². The molecule has 1 atom stereocenters. The molecule has 3 rings (SSSR count). The van der Waals surface area contributed by atoms with Crippen LogP contribution in [0.5, 0.6) is 11.5 Å². The van der Waals surface area contributed by atoms with Crippen LogP contribution >= 0.6 is 0 Å². The Balaban J connectivity index is 1.69. The number of nitrogens with zero attached hydrogens (tertiary/aromatic N) is 1. The molecule has 0 spiro atoms. The van der Waals surface area contributed by atoms with Crippen LogP contribution < -0.4 is 9.47 Å². The molecule has 0 saturated carbocycles. The molecule has 1 aliphatic heterocycles. The highest BCUT2D eigenvalue weighted by atomic mass is 16.5. The number of likely N-dealkylation sites (tertiary alicyclic amines) is 1. The second-order valence-corrected chi connectivity index (χ2v) is 6.28. The number of ether oxygens (including phenoxy) is 2. The summed E-state index contributed by atoms with van der Waals surface area (Å²) in [6.45, 7) is 3.43. The highest BCUT2D eigenvalue weighted by molar-refractivity contribution is 5.79. The topological polar surface area (TPSA) is 38.8 Å². The number of hydrogen-bond donors (Lipinski definition) is 0. The lowest BCUT2D eigenvalue weighted by atomic mass is 10.0. The van der Waals surface area contributed by atoms with Crippen molar-refractivity contribution in [3.05, 3.63) is 59.7 Å². The quantitative estimate of drug-likeness (QED) is 0.798. The van der Waals surface area contributed by atoms with Gasteiger partial charge in [-0.3, -0.25) is 4.79 Å². The molecule has 0 aromatic heterocycles. The monoisotopic (exact) mass is 339 g/mol. The van der Waals surface area contributed by atoms with E-state index in [-0.39, 0.29) is 11.9 Å². The highest BCUT2D eigenvalue weighted by Crippen LogP contribution is 2.33. The molecule has 1 heterocycles. The average molecular weight is 339 g/mol. The molecule has 0 N–H and O–H groups in total. The minimum Gasteiger partial charge on any atom is -0.497 e. The fourth-order valence-corrected chi connectivity index (χ4v) is 3.41. The first kappa shape index (κ1) is 17.3. The Kier molecular flexibility index (Phi) is 5.59. The van der Waals surface area contributed by atoms with Crippen molar-refractivity contribution in [2.75, 3.05) is 20.3 Å². The SMILES string of the molecule is CCOc1ccc(CC(=O)N2CCCC2c2cccc(OC)c2)cc1. The number of rotatable bonds is 6. The molecule has 0 bridgehead atoms. The third kappa shape index (κ3) is 4.13. The lowest BCUT2D eigenvalue weighted by Crippen LogP contribution is -2.31. The number of carbonyl (C=O) groups is 1. The van der Waals surface area contributed by atoms with Gasteiger partial charge in [0.05, 0.1) is 26.2 Å². The zero-order valence-corrected chi connectivity index (χ0v) is 14.9. The third-order valence-corrected chi connectivity index (χ3v) is 4.64. The zero-order chi connectivity index (χ0) is 17.6. The molecule has 25 heavy (non-hydrogen) atoms. The molecule has 1 aliphatic rings. The smallest absolute Gasteiger partial charge is 0.227 e. The standard InChI is InChI=1S/C21H25NO3/c1-3-25-18-11-9-16(10-12-18)14-21(23)22-13-5-8-20(22)17-6-4-7-19(15-17)24-2/h4,6-7,9-12,15,20H,3,5,8,13-14H2,1-2H3. The summed E-state index contributed by atoms with van der Waals surface area (Å²) in [5.41, 5.74) is 2.17. The minimum atomic E-state index is 0.144. The van der Waals surface area contributed by atoms with Crippen LogP contribution in [0.15, 0.2) is 48.5 Å².